The van der Waals surface area contributed by atoms with E-state index in [0.717, 1.165) is 17.7 Å². The Morgan fingerprint density at radius 2 is 2.08 bits per heavy atom. The summed E-state index contributed by atoms with van der Waals surface area (Å²) in [6.45, 7) is 3.10. The molecule has 1 fully saturated rings. The van der Waals surface area contributed by atoms with Crippen LogP contribution >= 0.6 is 11.6 Å². The second-order valence-electron chi connectivity index (χ2n) is 6.47. The standard InChI is InChI=1S/C20H23ClFNO3/c21-17-6-4-15(5-7-17)13-25-14-19(24)11-23-8-9-26-20(12-23)16-2-1-3-18(22)10-16/h1-7,10,19-20,24H,8-9,11-14H2. The van der Waals surface area contributed by atoms with Crippen molar-refractivity contribution >= 4 is 11.6 Å². The number of aliphatic hydroxyl groups excluding tert-OH is 1. The average Bonchev–Trinajstić information content (AvgIpc) is 2.64. The fourth-order valence-electron chi connectivity index (χ4n) is 3.02. The van der Waals surface area contributed by atoms with Gasteiger partial charge in [-0.1, -0.05) is 35.9 Å². The summed E-state index contributed by atoms with van der Waals surface area (Å²) in [5.41, 5.74) is 1.84. The van der Waals surface area contributed by atoms with Crippen molar-refractivity contribution in [1.82, 2.24) is 4.90 Å². The molecule has 4 nitrogen and oxygen atoms in total. The minimum atomic E-state index is -0.589. The Morgan fingerprint density at radius 3 is 2.85 bits per heavy atom. The maximum atomic E-state index is 13.4. The van der Waals surface area contributed by atoms with Crippen molar-refractivity contribution < 1.29 is 19.0 Å². The molecular formula is C20H23ClFNO3. The number of hydrogen-bond donors (Lipinski definition) is 1. The molecule has 0 radical (unpaired) electrons. The number of benzene rings is 2. The Kier molecular flexibility index (Phi) is 7.00. The van der Waals surface area contributed by atoms with Crippen LogP contribution in [0.2, 0.25) is 5.02 Å². The fourth-order valence-corrected chi connectivity index (χ4v) is 3.15. The van der Waals surface area contributed by atoms with Gasteiger partial charge in [0, 0.05) is 24.7 Å². The SMILES string of the molecule is OC(COCc1ccc(Cl)cc1)CN1CCOC(c2cccc(F)c2)C1. The Bertz CT molecular complexity index is 698. The quantitative estimate of drug-likeness (QED) is 0.800. The Balaban J connectivity index is 1.43. The van der Waals surface area contributed by atoms with Crippen molar-refractivity contribution in [2.24, 2.45) is 0 Å². The lowest BCUT2D eigenvalue weighted by Crippen LogP contribution is -2.43. The minimum Gasteiger partial charge on any atom is -0.389 e. The van der Waals surface area contributed by atoms with E-state index < -0.39 is 6.10 Å². The molecular weight excluding hydrogens is 357 g/mol. The molecule has 3 rings (SSSR count). The van der Waals surface area contributed by atoms with Crippen LogP contribution in [0.15, 0.2) is 48.5 Å². The highest BCUT2D eigenvalue weighted by atomic mass is 35.5. The van der Waals surface area contributed by atoms with Gasteiger partial charge >= 0.3 is 0 Å². The lowest BCUT2D eigenvalue weighted by molar-refractivity contribution is -0.0537. The molecule has 140 valence electrons. The number of β-amino-alcohol motifs (C(OH)–C–C–N with tert-alkyl or cyclic N) is 1. The number of aliphatic hydroxyl groups is 1. The normalized spacial score (nSPS) is 19.4. The van der Waals surface area contributed by atoms with Crippen LogP contribution in [0.1, 0.15) is 17.2 Å². The summed E-state index contributed by atoms with van der Waals surface area (Å²) < 4.78 is 24.7. The Hall–Kier alpha value is -1.50. The molecule has 0 amide bonds. The first-order valence-electron chi connectivity index (χ1n) is 8.70. The van der Waals surface area contributed by atoms with E-state index in [1.54, 1.807) is 6.07 Å². The second kappa shape index (κ2) is 9.44. The van der Waals surface area contributed by atoms with Crippen molar-refractivity contribution in [3.63, 3.8) is 0 Å². The second-order valence-corrected chi connectivity index (χ2v) is 6.91. The van der Waals surface area contributed by atoms with Crippen LogP contribution in [0.3, 0.4) is 0 Å². The van der Waals surface area contributed by atoms with Crippen molar-refractivity contribution in [1.29, 1.82) is 0 Å². The number of morpholine rings is 1. The van der Waals surface area contributed by atoms with Gasteiger partial charge in [-0.05, 0) is 35.4 Å². The van der Waals surface area contributed by atoms with Crippen molar-refractivity contribution in [3.05, 3.63) is 70.5 Å². The zero-order valence-corrected chi connectivity index (χ0v) is 15.2. The van der Waals surface area contributed by atoms with Gasteiger partial charge < -0.3 is 14.6 Å². The van der Waals surface area contributed by atoms with E-state index in [0.29, 0.717) is 31.3 Å². The topological polar surface area (TPSA) is 41.9 Å². The summed E-state index contributed by atoms with van der Waals surface area (Å²) in [5.74, 6) is -0.265. The summed E-state index contributed by atoms with van der Waals surface area (Å²) >= 11 is 5.85. The third-order valence-electron chi connectivity index (χ3n) is 4.33. The van der Waals surface area contributed by atoms with Gasteiger partial charge in [-0.15, -0.1) is 0 Å². The van der Waals surface area contributed by atoms with E-state index in [4.69, 9.17) is 21.1 Å². The largest absolute Gasteiger partial charge is 0.389 e. The van der Waals surface area contributed by atoms with E-state index in [9.17, 15) is 9.50 Å². The van der Waals surface area contributed by atoms with Crippen LogP contribution in [-0.2, 0) is 16.1 Å². The molecule has 1 saturated heterocycles. The van der Waals surface area contributed by atoms with E-state index in [1.165, 1.54) is 12.1 Å². The third-order valence-corrected chi connectivity index (χ3v) is 4.58. The molecule has 0 spiro atoms. The smallest absolute Gasteiger partial charge is 0.123 e. The van der Waals surface area contributed by atoms with Crippen molar-refractivity contribution in [2.45, 2.75) is 18.8 Å². The molecule has 1 aliphatic rings. The van der Waals surface area contributed by atoms with Crippen LogP contribution in [0, 0.1) is 5.82 Å². The number of halogens is 2. The van der Waals surface area contributed by atoms with E-state index in [1.807, 2.05) is 30.3 Å². The zero-order valence-electron chi connectivity index (χ0n) is 14.5. The molecule has 2 aromatic rings. The van der Waals surface area contributed by atoms with Gasteiger partial charge in [-0.2, -0.15) is 0 Å². The first-order chi connectivity index (χ1) is 12.6. The monoisotopic (exact) mass is 379 g/mol. The highest BCUT2D eigenvalue weighted by Crippen LogP contribution is 2.23. The van der Waals surface area contributed by atoms with Crippen LogP contribution < -0.4 is 0 Å². The molecule has 0 aliphatic carbocycles. The van der Waals surface area contributed by atoms with Gasteiger partial charge in [-0.3, -0.25) is 4.90 Å². The lowest BCUT2D eigenvalue weighted by Gasteiger charge is -2.34. The van der Waals surface area contributed by atoms with Crippen LogP contribution in [0.4, 0.5) is 4.39 Å². The number of hydrogen-bond acceptors (Lipinski definition) is 4. The van der Waals surface area contributed by atoms with Crippen LogP contribution in [0.25, 0.3) is 0 Å². The molecule has 2 atom stereocenters. The van der Waals surface area contributed by atoms with Gasteiger partial charge in [0.25, 0.3) is 0 Å². The van der Waals surface area contributed by atoms with Crippen molar-refractivity contribution in [2.75, 3.05) is 32.8 Å². The molecule has 0 saturated carbocycles. The summed E-state index contributed by atoms with van der Waals surface area (Å²) in [4.78, 5) is 2.12. The van der Waals surface area contributed by atoms with Crippen molar-refractivity contribution in [3.8, 4) is 0 Å². The maximum Gasteiger partial charge on any atom is 0.123 e. The number of ether oxygens (including phenoxy) is 2. The van der Waals surface area contributed by atoms with E-state index in [2.05, 4.69) is 4.90 Å². The van der Waals surface area contributed by atoms with E-state index in [-0.39, 0.29) is 18.5 Å². The lowest BCUT2D eigenvalue weighted by atomic mass is 10.1. The van der Waals surface area contributed by atoms with E-state index >= 15 is 0 Å². The Labute approximate surface area is 158 Å². The summed E-state index contributed by atoms with van der Waals surface area (Å²) in [7, 11) is 0. The number of nitrogens with zero attached hydrogens (tertiary/aromatic N) is 1. The summed E-state index contributed by atoms with van der Waals surface area (Å²) in [6, 6.07) is 13.9. The molecule has 1 aliphatic heterocycles. The molecule has 0 bridgehead atoms. The first-order valence-corrected chi connectivity index (χ1v) is 9.07. The van der Waals surface area contributed by atoms with Gasteiger partial charge in [0.15, 0.2) is 0 Å². The number of rotatable bonds is 7. The molecule has 2 aromatic carbocycles. The Morgan fingerprint density at radius 1 is 1.27 bits per heavy atom. The van der Waals surface area contributed by atoms with Crippen LogP contribution in [-0.4, -0.2) is 49.0 Å². The van der Waals surface area contributed by atoms with Gasteiger partial charge in [0.05, 0.1) is 32.0 Å². The molecule has 0 aromatic heterocycles. The summed E-state index contributed by atoms with van der Waals surface area (Å²) in [5, 5.41) is 10.9. The third kappa shape index (κ3) is 5.76. The maximum absolute atomic E-state index is 13.4. The van der Waals surface area contributed by atoms with Crippen LogP contribution in [0.5, 0.6) is 0 Å². The highest BCUT2D eigenvalue weighted by molar-refractivity contribution is 6.30. The fraction of sp³-hybridized carbons (Fsp3) is 0.400. The predicted octanol–water partition coefficient (Wildman–Crippen LogP) is 3.43. The molecule has 1 heterocycles. The van der Waals surface area contributed by atoms with Gasteiger partial charge in [0.2, 0.25) is 0 Å². The molecule has 26 heavy (non-hydrogen) atoms. The zero-order chi connectivity index (χ0) is 18.4. The predicted molar refractivity (Wildman–Crippen MR) is 98.6 cm³/mol. The molecule has 1 N–H and O–H groups in total. The summed E-state index contributed by atoms with van der Waals surface area (Å²) in [6.07, 6.45) is -0.768. The molecule has 2 unspecified atom stereocenters. The average molecular weight is 380 g/mol. The highest BCUT2D eigenvalue weighted by Gasteiger charge is 2.23. The van der Waals surface area contributed by atoms with Gasteiger partial charge in [-0.25, -0.2) is 4.39 Å². The molecule has 6 heteroatoms. The minimum absolute atomic E-state index is 0.179. The van der Waals surface area contributed by atoms with Gasteiger partial charge in [0.1, 0.15) is 5.82 Å². The first kappa shape index (κ1) is 19.3.